The van der Waals surface area contributed by atoms with Gasteiger partial charge in [-0.1, -0.05) is 51.1 Å². The fraction of sp³-hybridized carbons (Fsp3) is 0.609. The van der Waals surface area contributed by atoms with E-state index in [0.717, 1.165) is 5.56 Å². The highest BCUT2D eigenvalue weighted by Crippen LogP contribution is 2.30. The normalized spacial score (nSPS) is 19.1. The zero-order valence-electron chi connectivity index (χ0n) is 18.3. The van der Waals surface area contributed by atoms with Crippen molar-refractivity contribution in [2.24, 2.45) is 17.8 Å². The molecule has 0 saturated carbocycles. The van der Waals surface area contributed by atoms with Crippen LogP contribution in [-0.4, -0.2) is 41.1 Å². The van der Waals surface area contributed by atoms with Crippen LogP contribution < -0.4 is 0 Å². The first kappa shape index (κ1) is 22.9. The second-order valence-corrected chi connectivity index (χ2v) is 8.94. The van der Waals surface area contributed by atoms with Crippen molar-refractivity contribution in [2.75, 3.05) is 6.61 Å². The summed E-state index contributed by atoms with van der Waals surface area (Å²) in [6, 6.07) is 9.20. The van der Waals surface area contributed by atoms with Crippen molar-refractivity contribution in [3.05, 3.63) is 35.9 Å². The third-order valence-electron chi connectivity index (χ3n) is 5.16. The van der Waals surface area contributed by atoms with Crippen molar-refractivity contribution in [3.63, 3.8) is 0 Å². The summed E-state index contributed by atoms with van der Waals surface area (Å²) in [5, 5.41) is 0. The van der Waals surface area contributed by atoms with Crippen molar-refractivity contribution in [1.82, 2.24) is 4.90 Å². The van der Waals surface area contributed by atoms with Gasteiger partial charge in [0.25, 0.3) is 0 Å². The Morgan fingerprint density at radius 1 is 1.17 bits per heavy atom. The summed E-state index contributed by atoms with van der Waals surface area (Å²) in [7, 11) is 0. The summed E-state index contributed by atoms with van der Waals surface area (Å²) in [5.74, 6) is -2.08. The van der Waals surface area contributed by atoms with Crippen LogP contribution in [0.15, 0.2) is 30.3 Å². The van der Waals surface area contributed by atoms with Gasteiger partial charge in [0.15, 0.2) is 0 Å². The quantitative estimate of drug-likeness (QED) is 0.638. The first-order valence-corrected chi connectivity index (χ1v) is 10.3. The second-order valence-electron chi connectivity index (χ2n) is 8.94. The Morgan fingerprint density at radius 2 is 1.79 bits per heavy atom. The molecule has 6 heteroatoms. The van der Waals surface area contributed by atoms with Gasteiger partial charge in [0, 0.05) is 0 Å². The molecule has 1 saturated heterocycles. The Labute approximate surface area is 173 Å². The van der Waals surface area contributed by atoms with E-state index in [2.05, 4.69) is 0 Å². The van der Waals surface area contributed by atoms with Gasteiger partial charge < -0.3 is 9.47 Å². The van der Waals surface area contributed by atoms with Gasteiger partial charge in [-0.15, -0.1) is 0 Å². The van der Waals surface area contributed by atoms with E-state index < -0.39 is 29.5 Å². The van der Waals surface area contributed by atoms with Crippen molar-refractivity contribution in [2.45, 2.75) is 66.0 Å². The molecule has 0 N–H and O–H groups in total. The maximum atomic E-state index is 13.6. The molecule has 6 nitrogen and oxygen atoms in total. The molecule has 1 heterocycles. The number of nitrogens with zero attached hydrogens (tertiary/aromatic N) is 1. The Bertz CT molecular complexity index is 723. The highest BCUT2D eigenvalue weighted by Gasteiger charge is 2.45. The largest absolute Gasteiger partial charge is 0.460 e. The van der Waals surface area contributed by atoms with E-state index in [1.807, 2.05) is 51.1 Å². The lowest BCUT2D eigenvalue weighted by Gasteiger charge is -2.31. The first-order chi connectivity index (χ1) is 13.5. The number of ether oxygens (including phenoxy) is 2. The standard InChI is InChI=1S/C23H33NO5/c1-7-17(21(26)29-23(4,5)6)18(13-16-11-9-8-10-12-16)20(25)24-19(15(2)3)14-28-22(24)27/h8-12,15,17-19H,7,13-14H2,1-6H3/t17?,18-,19-/m1/s1. The zero-order valence-corrected chi connectivity index (χ0v) is 18.3. The molecule has 1 fully saturated rings. The fourth-order valence-corrected chi connectivity index (χ4v) is 3.62. The molecule has 1 aliphatic rings. The summed E-state index contributed by atoms with van der Waals surface area (Å²) >= 11 is 0. The van der Waals surface area contributed by atoms with E-state index in [-0.39, 0.29) is 24.5 Å². The molecule has 1 aromatic rings. The molecule has 0 aromatic heterocycles. The van der Waals surface area contributed by atoms with E-state index in [4.69, 9.17) is 9.47 Å². The van der Waals surface area contributed by atoms with Crippen LogP contribution in [0.3, 0.4) is 0 Å². The monoisotopic (exact) mass is 403 g/mol. The summed E-state index contributed by atoms with van der Waals surface area (Å²) in [4.78, 5) is 40.1. The van der Waals surface area contributed by atoms with Crippen molar-refractivity contribution in [1.29, 1.82) is 0 Å². The molecule has 0 spiro atoms. The first-order valence-electron chi connectivity index (χ1n) is 10.3. The van der Waals surface area contributed by atoms with Gasteiger partial charge in [0.05, 0.1) is 17.9 Å². The lowest BCUT2D eigenvalue weighted by molar-refractivity contribution is -0.165. The number of amides is 2. The average Bonchev–Trinajstić information content (AvgIpc) is 3.02. The molecule has 1 aromatic carbocycles. The third-order valence-corrected chi connectivity index (χ3v) is 5.16. The van der Waals surface area contributed by atoms with Crippen LogP contribution in [0.25, 0.3) is 0 Å². The number of carbonyl (C=O) groups excluding carboxylic acids is 3. The molecule has 0 bridgehead atoms. The van der Waals surface area contributed by atoms with Crippen LogP contribution >= 0.6 is 0 Å². The summed E-state index contributed by atoms with van der Waals surface area (Å²) in [6.07, 6.45) is 0.158. The van der Waals surface area contributed by atoms with E-state index in [9.17, 15) is 14.4 Å². The van der Waals surface area contributed by atoms with Crippen molar-refractivity contribution in [3.8, 4) is 0 Å². The minimum Gasteiger partial charge on any atom is -0.460 e. The number of esters is 1. The van der Waals surface area contributed by atoms with Gasteiger partial charge >= 0.3 is 12.1 Å². The second kappa shape index (κ2) is 9.42. The number of imide groups is 1. The Morgan fingerprint density at radius 3 is 2.31 bits per heavy atom. The van der Waals surface area contributed by atoms with E-state index >= 15 is 0 Å². The molecule has 2 amide bonds. The Balaban J connectivity index is 2.39. The third kappa shape index (κ3) is 5.81. The van der Waals surface area contributed by atoms with E-state index in [1.54, 1.807) is 20.8 Å². The number of benzene rings is 1. The molecule has 0 radical (unpaired) electrons. The smallest absolute Gasteiger partial charge is 0.416 e. The van der Waals surface area contributed by atoms with E-state index in [1.165, 1.54) is 4.90 Å². The number of rotatable bonds is 7. The van der Waals surface area contributed by atoms with Crippen LogP contribution in [0.1, 0.15) is 53.5 Å². The highest BCUT2D eigenvalue weighted by atomic mass is 16.6. The molecule has 1 aliphatic heterocycles. The number of cyclic esters (lactones) is 1. The summed E-state index contributed by atoms with van der Waals surface area (Å²) in [6.45, 7) is 11.4. The summed E-state index contributed by atoms with van der Waals surface area (Å²) in [5.41, 5.74) is 0.277. The number of carbonyl (C=O) groups is 3. The highest BCUT2D eigenvalue weighted by molar-refractivity contribution is 5.97. The van der Waals surface area contributed by atoms with Gasteiger partial charge in [-0.3, -0.25) is 9.59 Å². The maximum absolute atomic E-state index is 13.6. The molecule has 160 valence electrons. The van der Waals surface area contributed by atoms with E-state index in [0.29, 0.717) is 12.8 Å². The Kier molecular flexibility index (Phi) is 7.44. The van der Waals surface area contributed by atoms with Gasteiger partial charge in [-0.05, 0) is 45.1 Å². The van der Waals surface area contributed by atoms with Crippen LogP contribution in [-0.2, 0) is 25.5 Å². The van der Waals surface area contributed by atoms with Gasteiger partial charge in [-0.2, -0.15) is 0 Å². The molecular weight excluding hydrogens is 370 g/mol. The molecule has 0 aliphatic carbocycles. The van der Waals surface area contributed by atoms with Crippen molar-refractivity contribution >= 4 is 18.0 Å². The molecule has 29 heavy (non-hydrogen) atoms. The average molecular weight is 404 g/mol. The van der Waals surface area contributed by atoms with Crippen LogP contribution in [0.2, 0.25) is 0 Å². The van der Waals surface area contributed by atoms with Crippen LogP contribution in [0, 0.1) is 17.8 Å². The van der Waals surface area contributed by atoms with Crippen LogP contribution in [0.4, 0.5) is 4.79 Å². The SMILES string of the molecule is CCC(C(=O)OC(C)(C)C)[C@@H](Cc1ccccc1)C(=O)N1C(=O)OC[C@@H]1C(C)C. The lowest BCUT2D eigenvalue weighted by Crippen LogP contribution is -2.48. The minimum absolute atomic E-state index is 0.0596. The minimum atomic E-state index is -0.704. The number of hydrogen-bond donors (Lipinski definition) is 0. The summed E-state index contributed by atoms with van der Waals surface area (Å²) < 4.78 is 10.8. The predicted molar refractivity (Wildman–Crippen MR) is 110 cm³/mol. The van der Waals surface area contributed by atoms with Gasteiger partial charge in [0.2, 0.25) is 5.91 Å². The lowest BCUT2D eigenvalue weighted by atomic mass is 9.83. The predicted octanol–water partition coefficient (Wildman–Crippen LogP) is 4.22. The fourth-order valence-electron chi connectivity index (χ4n) is 3.62. The van der Waals surface area contributed by atoms with Gasteiger partial charge in [-0.25, -0.2) is 9.69 Å². The Hall–Kier alpha value is -2.37. The maximum Gasteiger partial charge on any atom is 0.416 e. The molecule has 2 rings (SSSR count). The molecular formula is C23H33NO5. The number of hydrogen-bond acceptors (Lipinski definition) is 5. The van der Waals surface area contributed by atoms with Crippen molar-refractivity contribution < 1.29 is 23.9 Å². The molecule has 1 unspecified atom stereocenters. The molecule has 3 atom stereocenters. The zero-order chi connectivity index (χ0) is 21.8. The van der Waals surface area contributed by atoms with Gasteiger partial charge in [0.1, 0.15) is 12.2 Å². The topological polar surface area (TPSA) is 72.9 Å². The van der Waals surface area contributed by atoms with Crippen LogP contribution in [0.5, 0.6) is 0 Å².